The molecule has 1 N–H and O–H groups in total. The smallest absolute Gasteiger partial charge is 0.251 e. The third kappa shape index (κ3) is 5.11. The fraction of sp³-hybridized carbons (Fsp3) is 0.208. The van der Waals surface area contributed by atoms with E-state index in [0.29, 0.717) is 17.9 Å². The molecule has 0 aliphatic rings. The molecule has 7 heteroatoms. The summed E-state index contributed by atoms with van der Waals surface area (Å²) in [5.41, 5.74) is 4.56. The first-order chi connectivity index (χ1) is 15.0. The van der Waals surface area contributed by atoms with E-state index in [2.05, 4.69) is 14.9 Å². The van der Waals surface area contributed by atoms with Gasteiger partial charge in [0.1, 0.15) is 5.82 Å². The number of benzene rings is 2. The van der Waals surface area contributed by atoms with Gasteiger partial charge in [0.2, 0.25) is 0 Å². The van der Waals surface area contributed by atoms with Crippen LogP contribution in [0.2, 0.25) is 0 Å². The van der Waals surface area contributed by atoms with E-state index in [4.69, 9.17) is 4.98 Å². The maximum absolute atomic E-state index is 13.2. The van der Waals surface area contributed by atoms with Crippen LogP contribution in [-0.2, 0) is 12.3 Å². The fourth-order valence-corrected chi connectivity index (χ4v) is 4.20. The van der Waals surface area contributed by atoms with Crippen LogP contribution in [0.1, 0.15) is 35.3 Å². The number of amides is 1. The van der Waals surface area contributed by atoms with Gasteiger partial charge in [-0.2, -0.15) is 0 Å². The van der Waals surface area contributed by atoms with Crippen molar-refractivity contribution >= 4 is 28.7 Å². The Kier molecular flexibility index (Phi) is 6.32. The molecule has 0 radical (unpaired) electrons. The number of rotatable bonds is 7. The van der Waals surface area contributed by atoms with Crippen molar-refractivity contribution in [2.24, 2.45) is 0 Å². The van der Waals surface area contributed by atoms with Crippen LogP contribution in [0, 0.1) is 5.82 Å². The third-order valence-corrected chi connectivity index (χ3v) is 5.82. The van der Waals surface area contributed by atoms with Crippen molar-refractivity contribution in [2.45, 2.75) is 37.3 Å². The van der Waals surface area contributed by atoms with Crippen LogP contribution >= 0.6 is 11.8 Å². The minimum Gasteiger partial charge on any atom is -0.350 e. The SMILES string of the molecule is CC(C)NC(=O)c1ccc(Cn2c(SCc3ccc(F)cc3)nc3ccncc32)cc1. The molecule has 0 aliphatic heterocycles. The Bertz CT molecular complexity index is 1190. The van der Waals surface area contributed by atoms with Gasteiger partial charge in [-0.05, 0) is 55.3 Å². The summed E-state index contributed by atoms with van der Waals surface area (Å²) in [5, 5.41) is 3.77. The summed E-state index contributed by atoms with van der Waals surface area (Å²) in [5.74, 6) is 0.373. The zero-order chi connectivity index (χ0) is 21.8. The molecule has 1 amide bonds. The number of hydrogen-bond acceptors (Lipinski definition) is 4. The summed E-state index contributed by atoms with van der Waals surface area (Å²) in [6.07, 6.45) is 3.55. The van der Waals surface area contributed by atoms with Crippen LogP contribution in [0.4, 0.5) is 4.39 Å². The van der Waals surface area contributed by atoms with Gasteiger partial charge in [-0.1, -0.05) is 36.0 Å². The lowest BCUT2D eigenvalue weighted by molar-refractivity contribution is 0.0943. The average Bonchev–Trinajstić information content (AvgIpc) is 3.11. The van der Waals surface area contributed by atoms with Crippen LogP contribution < -0.4 is 5.32 Å². The number of nitrogens with one attached hydrogen (secondary N) is 1. The first-order valence-corrected chi connectivity index (χ1v) is 11.1. The second kappa shape index (κ2) is 9.31. The molecule has 0 atom stereocenters. The topological polar surface area (TPSA) is 59.8 Å². The van der Waals surface area contributed by atoms with Crippen molar-refractivity contribution in [3.63, 3.8) is 0 Å². The highest BCUT2D eigenvalue weighted by molar-refractivity contribution is 7.98. The van der Waals surface area contributed by atoms with Gasteiger partial charge in [0.15, 0.2) is 5.16 Å². The Hall–Kier alpha value is -3.19. The number of aromatic nitrogens is 3. The largest absolute Gasteiger partial charge is 0.350 e. The van der Waals surface area contributed by atoms with Crippen LogP contribution in [-0.4, -0.2) is 26.5 Å². The third-order valence-electron chi connectivity index (χ3n) is 4.77. The molecule has 4 rings (SSSR count). The second-order valence-corrected chi connectivity index (χ2v) is 8.53. The van der Waals surface area contributed by atoms with E-state index in [1.54, 1.807) is 30.1 Å². The van der Waals surface area contributed by atoms with Crippen LogP contribution in [0.25, 0.3) is 11.0 Å². The van der Waals surface area contributed by atoms with E-state index < -0.39 is 0 Å². The number of carbonyl (C=O) groups excluding carboxylic acids is 1. The summed E-state index contributed by atoms with van der Waals surface area (Å²) in [6.45, 7) is 4.49. The van der Waals surface area contributed by atoms with Crippen molar-refractivity contribution < 1.29 is 9.18 Å². The number of fused-ring (bicyclic) bond motifs is 1. The number of nitrogens with zero attached hydrogens (tertiary/aromatic N) is 3. The number of hydrogen-bond donors (Lipinski definition) is 1. The summed E-state index contributed by atoms with van der Waals surface area (Å²) in [6, 6.07) is 16.1. The van der Waals surface area contributed by atoms with Gasteiger partial charge in [-0.3, -0.25) is 9.78 Å². The van der Waals surface area contributed by atoms with Gasteiger partial charge in [0, 0.05) is 23.6 Å². The van der Waals surface area contributed by atoms with Crippen molar-refractivity contribution in [1.82, 2.24) is 19.9 Å². The van der Waals surface area contributed by atoms with Crippen molar-refractivity contribution in [1.29, 1.82) is 0 Å². The lowest BCUT2D eigenvalue weighted by Crippen LogP contribution is -2.29. The normalized spacial score (nSPS) is 11.2. The quantitative estimate of drug-likeness (QED) is 0.414. The van der Waals surface area contributed by atoms with Crippen LogP contribution in [0.15, 0.2) is 72.1 Å². The highest BCUT2D eigenvalue weighted by Gasteiger charge is 2.13. The molecular formula is C24H23FN4OS. The summed E-state index contributed by atoms with van der Waals surface area (Å²) in [7, 11) is 0. The predicted molar refractivity (Wildman–Crippen MR) is 122 cm³/mol. The monoisotopic (exact) mass is 434 g/mol. The van der Waals surface area contributed by atoms with Gasteiger partial charge in [0.05, 0.1) is 23.8 Å². The molecule has 0 saturated heterocycles. The number of thioether (sulfide) groups is 1. The highest BCUT2D eigenvalue weighted by Crippen LogP contribution is 2.27. The van der Waals surface area contributed by atoms with Gasteiger partial charge >= 0.3 is 0 Å². The highest BCUT2D eigenvalue weighted by atomic mass is 32.2. The zero-order valence-electron chi connectivity index (χ0n) is 17.4. The lowest BCUT2D eigenvalue weighted by atomic mass is 10.1. The molecular weight excluding hydrogens is 411 g/mol. The van der Waals surface area contributed by atoms with E-state index in [0.717, 1.165) is 27.3 Å². The van der Waals surface area contributed by atoms with Crippen molar-refractivity contribution in [2.75, 3.05) is 0 Å². The number of halogens is 1. The number of imidazole rings is 1. The first kappa shape index (κ1) is 21.1. The van der Waals surface area contributed by atoms with Gasteiger partial charge in [-0.25, -0.2) is 9.37 Å². The molecule has 2 aromatic heterocycles. The van der Waals surface area contributed by atoms with Crippen molar-refractivity contribution in [3.8, 4) is 0 Å². The molecule has 0 saturated carbocycles. The molecule has 31 heavy (non-hydrogen) atoms. The molecule has 0 bridgehead atoms. The van der Waals surface area contributed by atoms with Crippen LogP contribution in [0.3, 0.4) is 0 Å². The number of pyridine rings is 1. The van der Waals surface area contributed by atoms with Gasteiger partial charge in [0.25, 0.3) is 5.91 Å². The Labute approximate surface area is 184 Å². The molecule has 0 unspecified atom stereocenters. The standard InChI is InChI=1S/C24H23FN4OS/c1-16(2)27-23(30)19-7-3-17(4-8-19)14-29-22-13-26-12-11-21(22)28-24(29)31-15-18-5-9-20(25)10-6-18/h3-13,16H,14-15H2,1-2H3,(H,27,30). The van der Waals surface area contributed by atoms with Crippen LogP contribution in [0.5, 0.6) is 0 Å². The Balaban J connectivity index is 1.57. The Morgan fingerprint density at radius 3 is 2.48 bits per heavy atom. The van der Waals surface area contributed by atoms with Crippen molar-refractivity contribution in [3.05, 3.63) is 89.5 Å². The molecule has 0 aliphatic carbocycles. The maximum atomic E-state index is 13.2. The second-order valence-electron chi connectivity index (χ2n) is 7.59. The Morgan fingerprint density at radius 1 is 1.06 bits per heavy atom. The van der Waals surface area contributed by atoms with E-state index in [9.17, 15) is 9.18 Å². The zero-order valence-corrected chi connectivity index (χ0v) is 18.2. The minimum absolute atomic E-state index is 0.0747. The predicted octanol–water partition coefficient (Wildman–Crippen LogP) is 5.05. The molecule has 158 valence electrons. The van der Waals surface area contributed by atoms with Gasteiger partial charge < -0.3 is 9.88 Å². The number of carbonyl (C=O) groups is 1. The minimum atomic E-state index is -0.238. The average molecular weight is 435 g/mol. The molecule has 0 fully saturated rings. The van der Waals surface area contributed by atoms with Gasteiger partial charge in [-0.15, -0.1) is 0 Å². The van der Waals surface area contributed by atoms with E-state index in [1.807, 2.05) is 50.4 Å². The molecule has 2 heterocycles. The van der Waals surface area contributed by atoms with E-state index in [-0.39, 0.29) is 17.8 Å². The first-order valence-electron chi connectivity index (χ1n) is 10.1. The summed E-state index contributed by atoms with van der Waals surface area (Å²) >= 11 is 1.60. The molecule has 2 aromatic carbocycles. The van der Waals surface area contributed by atoms with E-state index in [1.165, 1.54) is 12.1 Å². The summed E-state index contributed by atoms with van der Waals surface area (Å²) < 4.78 is 15.3. The lowest BCUT2D eigenvalue weighted by Gasteiger charge is -2.11. The fourth-order valence-electron chi connectivity index (χ4n) is 3.23. The van der Waals surface area contributed by atoms with E-state index >= 15 is 0 Å². The molecule has 4 aromatic rings. The molecule has 0 spiro atoms. The Morgan fingerprint density at radius 2 is 1.77 bits per heavy atom. The molecule has 5 nitrogen and oxygen atoms in total. The summed E-state index contributed by atoms with van der Waals surface area (Å²) in [4.78, 5) is 21.2. The maximum Gasteiger partial charge on any atom is 0.251 e.